The minimum atomic E-state index is -0.451. The highest BCUT2D eigenvalue weighted by molar-refractivity contribution is 7.22. The normalized spacial score (nSPS) is 10.5. The second-order valence-electron chi connectivity index (χ2n) is 4.62. The van der Waals surface area contributed by atoms with Gasteiger partial charge in [-0.1, -0.05) is 11.3 Å². The zero-order valence-electron chi connectivity index (χ0n) is 12.4. The van der Waals surface area contributed by atoms with Gasteiger partial charge in [-0.15, -0.1) is 0 Å². The Kier molecular flexibility index (Phi) is 3.98. The number of nitrogens with one attached hydrogen (secondary N) is 1. The van der Waals surface area contributed by atoms with Gasteiger partial charge in [-0.05, 0) is 18.2 Å². The smallest absolute Gasteiger partial charge is 0.271 e. The predicted octanol–water partition coefficient (Wildman–Crippen LogP) is 3.97. The Morgan fingerprint density at radius 1 is 1.17 bits per heavy atom. The van der Waals surface area contributed by atoms with Crippen molar-refractivity contribution >= 4 is 38.1 Å². The Bertz CT molecular complexity index is 878. The standard InChI is InChI=1S/C15H13N3O4S/c1-21-10-4-6-14-12(8-10)17-15(23-14)16-11-7-9(18(19)20)3-5-13(11)22-2/h3-8H,1-2H3,(H,16,17). The number of aromatic nitrogens is 1. The van der Waals surface area contributed by atoms with E-state index in [2.05, 4.69) is 10.3 Å². The van der Waals surface area contributed by atoms with Crippen molar-refractivity contribution in [2.24, 2.45) is 0 Å². The molecule has 0 atom stereocenters. The first-order chi connectivity index (χ1) is 11.1. The van der Waals surface area contributed by atoms with E-state index in [1.807, 2.05) is 18.2 Å². The van der Waals surface area contributed by atoms with Crippen molar-refractivity contribution in [1.82, 2.24) is 4.98 Å². The molecule has 8 heteroatoms. The Morgan fingerprint density at radius 2 is 2.00 bits per heavy atom. The van der Waals surface area contributed by atoms with Crippen LogP contribution < -0.4 is 14.8 Å². The molecule has 23 heavy (non-hydrogen) atoms. The predicted molar refractivity (Wildman–Crippen MR) is 89.1 cm³/mol. The van der Waals surface area contributed by atoms with Crippen LogP contribution in [0.25, 0.3) is 10.2 Å². The summed E-state index contributed by atoms with van der Waals surface area (Å²) in [6.45, 7) is 0. The summed E-state index contributed by atoms with van der Waals surface area (Å²) in [6, 6.07) is 9.98. The van der Waals surface area contributed by atoms with Gasteiger partial charge in [0, 0.05) is 18.2 Å². The van der Waals surface area contributed by atoms with E-state index >= 15 is 0 Å². The summed E-state index contributed by atoms with van der Waals surface area (Å²) in [4.78, 5) is 14.9. The molecule has 0 radical (unpaired) electrons. The van der Waals surface area contributed by atoms with Crippen molar-refractivity contribution in [3.05, 3.63) is 46.5 Å². The summed E-state index contributed by atoms with van der Waals surface area (Å²) in [5.41, 5.74) is 1.27. The molecule has 0 aliphatic heterocycles. The molecule has 0 unspecified atom stereocenters. The highest BCUT2D eigenvalue weighted by Crippen LogP contribution is 2.35. The van der Waals surface area contributed by atoms with Gasteiger partial charge >= 0.3 is 0 Å². The zero-order chi connectivity index (χ0) is 16.4. The van der Waals surface area contributed by atoms with Crippen molar-refractivity contribution in [2.75, 3.05) is 19.5 Å². The number of fused-ring (bicyclic) bond motifs is 1. The van der Waals surface area contributed by atoms with Crippen LogP contribution in [0.15, 0.2) is 36.4 Å². The topological polar surface area (TPSA) is 86.5 Å². The zero-order valence-corrected chi connectivity index (χ0v) is 13.2. The molecule has 0 bridgehead atoms. The maximum absolute atomic E-state index is 10.9. The van der Waals surface area contributed by atoms with E-state index in [0.717, 1.165) is 16.0 Å². The molecule has 118 valence electrons. The lowest BCUT2D eigenvalue weighted by Crippen LogP contribution is -1.96. The van der Waals surface area contributed by atoms with Crippen molar-refractivity contribution in [3.8, 4) is 11.5 Å². The molecule has 2 aromatic carbocycles. The van der Waals surface area contributed by atoms with E-state index in [0.29, 0.717) is 16.6 Å². The lowest BCUT2D eigenvalue weighted by Gasteiger charge is -2.08. The highest BCUT2D eigenvalue weighted by atomic mass is 32.1. The number of hydrogen-bond donors (Lipinski definition) is 1. The van der Waals surface area contributed by atoms with Crippen LogP contribution in [0.2, 0.25) is 0 Å². The molecule has 1 N–H and O–H groups in total. The van der Waals surface area contributed by atoms with Gasteiger partial charge < -0.3 is 14.8 Å². The molecule has 0 amide bonds. The van der Waals surface area contributed by atoms with Crippen molar-refractivity contribution < 1.29 is 14.4 Å². The number of rotatable bonds is 5. The number of thiazole rings is 1. The molecule has 1 heterocycles. The average Bonchev–Trinajstić information content (AvgIpc) is 2.95. The molecule has 3 aromatic rings. The first-order valence-electron chi connectivity index (χ1n) is 6.65. The van der Waals surface area contributed by atoms with E-state index in [4.69, 9.17) is 9.47 Å². The van der Waals surface area contributed by atoms with Gasteiger partial charge in [0.15, 0.2) is 5.13 Å². The monoisotopic (exact) mass is 331 g/mol. The van der Waals surface area contributed by atoms with Crippen LogP contribution in [0.4, 0.5) is 16.5 Å². The van der Waals surface area contributed by atoms with Gasteiger partial charge in [0.05, 0.1) is 35.0 Å². The van der Waals surface area contributed by atoms with Gasteiger partial charge in [0.2, 0.25) is 0 Å². The third-order valence-electron chi connectivity index (χ3n) is 3.23. The Balaban J connectivity index is 1.97. The Morgan fingerprint density at radius 3 is 2.70 bits per heavy atom. The maximum Gasteiger partial charge on any atom is 0.271 e. The fraction of sp³-hybridized carbons (Fsp3) is 0.133. The lowest BCUT2D eigenvalue weighted by atomic mass is 10.2. The summed E-state index contributed by atoms with van der Waals surface area (Å²) < 4.78 is 11.4. The number of non-ortho nitro benzene ring substituents is 1. The Labute approximate surface area is 135 Å². The second-order valence-corrected chi connectivity index (χ2v) is 5.65. The third kappa shape index (κ3) is 3.02. The van der Waals surface area contributed by atoms with E-state index < -0.39 is 4.92 Å². The SMILES string of the molecule is COc1ccc2sc(Nc3cc([N+](=O)[O-])ccc3OC)nc2c1. The summed E-state index contributed by atoms with van der Waals surface area (Å²) in [6.07, 6.45) is 0. The van der Waals surface area contributed by atoms with Gasteiger partial charge in [-0.2, -0.15) is 0 Å². The van der Waals surface area contributed by atoms with Crippen LogP contribution in [0, 0.1) is 10.1 Å². The first-order valence-corrected chi connectivity index (χ1v) is 7.46. The fourth-order valence-corrected chi connectivity index (χ4v) is 2.97. The van der Waals surface area contributed by atoms with Crippen molar-refractivity contribution in [1.29, 1.82) is 0 Å². The van der Waals surface area contributed by atoms with E-state index in [1.165, 1.54) is 30.6 Å². The number of nitro groups is 1. The van der Waals surface area contributed by atoms with Crippen LogP contribution in [-0.2, 0) is 0 Å². The lowest BCUT2D eigenvalue weighted by molar-refractivity contribution is -0.384. The minimum Gasteiger partial charge on any atom is -0.497 e. The first kappa shape index (κ1) is 15.0. The van der Waals surface area contributed by atoms with Crippen LogP contribution in [0.1, 0.15) is 0 Å². The molecule has 7 nitrogen and oxygen atoms in total. The third-order valence-corrected chi connectivity index (χ3v) is 4.18. The van der Waals surface area contributed by atoms with E-state index in [-0.39, 0.29) is 5.69 Å². The highest BCUT2D eigenvalue weighted by Gasteiger charge is 2.13. The number of methoxy groups -OCH3 is 2. The molecule has 0 aliphatic carbocycles. The van der Waals surface area contributed by atoms with Crippen molar-refractivity contribution in [2.45, 2.75) is 0 Å². The molecular weight excluding hydrogens is 318 g/mol. The summed E-state index contributed by atoms with van der Waals surface area (Å²) in [5, 5.41) is 14.6. The van der Waals surface area contributed by atoms with Gasteiger partial charge in [0.25, 0.3) is 5.69 Å². The molecule has 0 aliphatic rings. The molecule has 1 aromatic heterocycles. The van der Waals surface area contributed by atoms with Gasteiger partial charge in [-0.25, -0.2) is 4.98 Å². The molecular formula is C15H13N3O4S. The van der Waals surface area contributed by atoms with Crippen molar-refractivity contribution in [3.63, 3.8) is 0 Å². The second kappa shape index (κ2) is 6.09. The maximum atomic E-state index is 10.9. The van der Waals surface area contributed by atoms with Crippen LogP contribution >= 0.6 is 11.3 Å². The summed E-state index contributed by atoms with van der Waals surface area (Å²) >= 11 is 1.44. The number of hydrogen-bond acceptors (Lipinski definition) is 7. The summed E-state index contributed by atoms with van der Waals surface area (Å²) in [5.74, 6) is 1.23. The molecule has 0 saturated heterocycles. The largest absolute Gasteiger partial charge is 0.497 e. The Hall–Kier alpha value is -2.87. The van der Waals surface area contributed by atoms with E-state index in [1.54, 1.807) is 13.2 Å². The van der Waals surface area contributed by atoms with Gasteiger partial charge in [0.1, 0.15) is 11.5 Å². The number of nitro benzene ring substituents is 1. The quantitative estimate of drug-likeness (QED) is 0.562. The molecule has 0 fully saturated rings. The van der Waals surface area contributed by atoms with Crippen LogP contribution in [0.3, 0.4) is 0 Å². The molecule has 0 saturated carbocycles. The molecule has 0 spiro atoms. The number of benzene rings is 2. The van der Waals surface area contributed by atoms with Gasteiger partial charge in [-0.3, -0.25) is 10.1 Å². The average molecular weight is 331 g/mol. The van der Waals surface area contributed by atoms with E-state index in [9.17, 15) is 10.1 Å². The van der Waals surface area contributed by atoms with Crippen LogP contribution in [-0.4, -0.2) is 24.1 Å². The minimum absolute atomic E-state index is 0.0175. The number of anilines is 2. The van der Waals surface area contributed by atoms with Crippen LogP contribution in [0.5, 0.6) is 11.5 Å². The molecule has 3 rings (SSSR count). The fourth-order valence-electron chi connectivity index (χ4n) is 2.11. The summed E-state index contributed by atoms with van der Waals surface area (Å²) in [7, 11) is 3.11. The number of nitrogens with zero attached hydrogens (tertiary/aromatic N) is 2. The number of ether oxygens (including phenoxy) is 2.